The third-order valence-electron chi connectivity index (χ3n) is 4.12. The van der Waals surface area contributed by atoms with E-state index in [0.29, 0.717) is 17.1 Å². The van der Waals surface area contributed by atoms with Crippen LogP contribution in [0.4, 0.5) is 11.5 Å². The Balaban J connectivity index is 1.85. The fourth-order valence-corrected chi connectivity index (χ4v) is 3.00. The Morgan fingerprint density at radius 3 is 3.00 bits per heavy atom. The number of hydrogen-bond donors (Lipinski definition) is 2. The van der Waals surface area contributed by atoms with Crippen LogP contribution in [-0.2, 0) is 0 Å². The van der Waals surface area contributed by atoms with Gasteiger partial charge in [-0.25, -0.2) is 4.98 Å². The smallest absolute Gasteiger partial charge is 0.256 e. The van der Waals surface area contributed by atoms with Crippen LogP contribution in [-0.4, -0.2) is 22.3 Å². The van der Waals surface area contributed by atoms with E-state index in [0.717, 1.165) is 24.9 Å². The van der Waals surface area contributed by atoms with Crippen LogP contribution >= 0.6 is 0 Å². The molecule has 1 atom stereocenters. The molecule has 1 amide bonds. The monoisotopic (exact) mass is 320 g/mol. The predicted molar refractivity (Wildman–Crippen MR) is 95.2 cm³/mol. The van der Waals surface area contributed by atoms with Gasteiger partial charge in [-0.15, -0.1) is 0 Å². The van der Waals surface area contributed by atoms with Crippen molar-refractivity contribution < 1.29 is 4.79 Å². The minimum absolute atomic E-state index is 0.139. The van der Waals surface area contributed by atoms with Crippen LogP contribution in [0, 0.1) is 12.0 Å². The minimum atomic E-state index is -0.193. The molecule has 1 aliphatic rings. The highest BCUT2D eigenvalue weighted by molar-refractivity contribution is 6.04. The first-order valence-corrected chi connectivity index (χ1v) is 8.00. The van der Waals surface area contributed by atoms with E-state index in [1.54, 1.807) is 30.5 Å². The molecule has 0 aliphatic carbocycles. The Bertz CT molecular complexity index is 792. The molecule has 1 saturated heterocycles. The van der Waals surface area contributed by atoms with Crippen molar-refractivity contribution in [2.24, 2.45) is 0 Å². The summed E-state index contributed by atoms with van der Waals surface area (Å²) in [6.07, 6.45) is 3.71. The SMILES string of the molecule is CC#CN1CCCC1c1cc(C(=O)Nc2ccccn2)ccc1N. The number of hydrogen-bond acceptors (Lipinski definition) is 4. The first kappa shape index (κ1) is 15.9. The first-order valence-electron chi connectivity index (χ1n) is 8.00. The molecule has 122 valence electrons. The molecule has 1 fully saturated rings. The summed E-state index contributed by atoms with van der Waals surface area (Å²) in [6.45, 7) is 2.75. The van der Waals surface area contributed by atoms with E-state index in [1.807, 2.05) is 19.1 Å². The minimum Gasteiger partial charge on any atom is -0.398 e. The van der Waals surface area contributed by atoms with Gasteiger partial charge in [0, 0.05) is 30.0 Å². The Morgan fingerprint density at radius 2 is 2.25 bits per heavy atom. The zero-order valence-electron chi connectivity index (χ0n) is 13.6. The lowest BCUT2D eigenvalue weighted by atomic mass is 9.99. The Labute approximate surface area is 141 Å². The third-order valence-corrected chi connectivity index (χ3v) is 4.12. The Kier molecular flexibility index (Phi) is 4.66. The number of anilines is 2. The lowest BCUT2D eigenvalue weighted by molar-refractivity contribution is 0.102. The molecular formula is C19H20N4O. The molecule has 0 spiro atoms. The van der Waals surface area contributed by atoms with Crippen molar-refractivity contribution in [2.75, 3.05) is 17.6 Å². The van der Waals surface area contributed by atoms with E-state index in [4.69, 9.17) is 5.73 Å². The van der Waals surface area contributed by atoms with Crippen LogP contribution in [0.3, 0.4) is 0 Å². The summed E-state index contributed by atoms with van der Waals surface area (Å²) in [5.41, 5.74) is 8.39. The van der Waals surface area contributed by atoms with Crippen LogP contribution in [0.2, 0.25) is 0 Å². The van der Waals surface area contributed by atoms with Crippen molar-refractivity contribution in [1.82, 2.24) is 9.88 Å². The van der Waals surface area contributed by atoms with Gasteiger partial charge in [-0.2, -0.15) is 0 Å². The van der Waals surface area contributed by atoms with Crippen LogP contribution in [0.5, 0.6) is 0 Å². The van der Waals surface area contributed by atoms with Gasteiger partial charge in [0.15, 0.2) is 0 Å². The summed E-state index contributed by atoms with van der Waals surface area (Å²) < 4.78 is 0. The summed E-state index contributed by atoms with van der Waals surface area (Å²) in [5, 5.41) is 2.80. The standard InChI is InChI=1S/C19H20N4O/c1-2-11-23-12-5-6-17(23)15-13-14(8-9-16(15)20)19(24)22-18-7-3-4-10-21-18/h3-4,7-10,13,17H,5-6,12,20H2,1H3,(H,21,22,24). The molecule has 1 unspecified atom stereocenters. The van der Waals surface area contributed by atoms with Gasteiger partial charge in [-0.05, 0) is 55.7 Å². The second-order valence-corrected chi connectivity index (χ2v) is 5.73. The quantitative estimate of drug-likeness (QED) is 0.673. The molecule has 2 aromatic rings. The molecule has 5 heteroatoms. The van der Waals surface area contributed by atoms with Crippen molar-refractivity contribution in [3.63, 3.8) is 0 Å². The highest BCUT2D eigenvalue weighted by atomic mass is 16.1. The van der Waals surface area contributed by atoms with Gasteiger partial charge in [0.2, 0.25) is 0 Å². The number of amides is 1. The number of nitrogens with zero attached hydrogens (tertiary/aromatic N) is 2. The molecule has 5 nitrogen and oxygen atoms in total. The van der Waals surface area contributed by atoms with Gasteiger partial charge in [-0.1, -0.05) is 12.0 Å². The number of aromatic nitrogens is 1. The van der Waals surface area contributed by atoms with Gasteiger partial charge in [0.25, 0.3) is 5.91 Å². The van der Waals surface area contributed by atoms with E-state index < -0.39 is 0 Å². The summed E-state index contributed by atoms with van der Waals surface area (Å²) in [7, 11) is 0. The zero-order chi connectivity index (χ0) is 16.9. The van der Waals surface area contributed by atoms with Gasteiger partial charge >= 0.3 is 0 Å². The van der Waals surface area contributed by atoms with Gasteiger partial charge in [0.05, 0.1) is 6.04 Å². The second-order valence-electron chi connectivity index (χ2n) is 5.73. The average Bonchev–Trinajstić information content (AvgIpc) is 3.04. The number of benzene rings is 1. The number of rotatable bonds is 3. The van der Waals surface area contributed by atoms with Crippen LogP contribution in [0.1, 0.15) is 41.7 Å². The first-order chi connectivity index (χ1) is 11.7. The van der Waals surface area contributed by atoms with Crippen molar-refractivity contribution in [3.05, 3.63) is 53.7 Å². The number of nitrogens with two attached hydrogens (primary N) is 1. The van der Waals surface area contributed by atoms with E-state index in [1.165, 1.54) is 0 Å². The number of carbonyl (C=O) groups excluding carboxylic acids is 1. The lowest BCUT2D eigenvalue weighted by Crippen LogP contribution is -2.20. The number of pyridine rings is 1. The van der Waals surface area contributed by atoms with E-state index in [2.05, 4.69) is 27.2 Å². The number of nitrogen functional groups attached to an aromatic ring is 1. The number of likely N-dealkylation sites (tertiary alicyclic amines) is 1. The van der Waals surface area contributed by atoms with Gasteiger partial charge in [-0.3, -0.25) is 4.79 Å². The molecule has 0 radical (unpaired) electrons. The predicted octanol–water partition coefficient (Wildman–Crippen LogP) is 3.03. The Hall–Kier alpha value is -3.00. The molecule has 1 aliphatic heterocycles. The van der Waals surface area contributed by atoms with Crippen molar-refractivity contribution in [1.29, 1.82) is 0 Å². The third kappa shape index (κ3) is 3.33. The second kappa shape index (κ2) is 7.05. The fourth-order valence-electron chi connectivity index (χ4n) is 3.00. The van der Waals surface area contributed by atoms with E-state index >= 15 is 0 Å². The summed E-state index contributed by atoms with van der Waals surface area (Å²) >= 11 is 0. The molecule has 2 heterocycles. The molecule has 24 heavy (non-hydrogen) atoms. The topological polar surface area (TPSA) is 71.2 Å². The highest BCUT2D eigenvalue weighted by Gasteiger charge is 2.26. The van der Waals surface area contributed by atoms with Crippen molar-refractivity contribution in [2.45, 2.75) is 25.8 Å². The fraction of sp³-hybridized carbons (Fsp3) is 0.263. The van der Waals surface area contributed by atoms with Crippen LogP contribution < -0.4 is 11.1 Å². The zero-order valence-corrected chi connectivity index (χ0v) is 13.6. The molecular weight excluding hydrogens is 300 g/mol. The number of nitrogens with one attached hydrogen (secondary N) is 1. The summed E-state index contributed by atoms with van der Waals surface area (Å²) in [6, 6.07) is 14.1. The average molecular weight is 320 g/mol. The normalized spacial score (nSPS) is 16.4. The maximum absolute atomic E-state index is 12.5. The molecule has 1 aromatic heterocycles. The molecule has 3 N–H and O–H groups in total. The van der Waals surface area contributed by atoms with Crippen LogP contribution in [0.25, 0.3) is 0 Å². The molecule has 0 saturated carbocycles. The molecule has 0 bridgehead atoms. The van der Waals surface area contributed by atoms with Crippen molar-refractivity contribution in [3.8, 4) is 12.0 Å². The molecule has 3 rings (SSSR count). The number of carbonyl (C=O) groups is 1. The maximum Gasteiger partial charge on any atom is 0.256 e. The Morgan fingerprint density at radius 1 is 1.38 bits per heavy atom. The van der Waals surface area contributed by atoms with Crippen molar-refractivity contribution >= 4 is 17.4 Å². The summed E-state index contributed by atoms with van der Waals surface area (Å²) in [5.74, 6) is 3.28. The molecule has 1 aromatic carbocycles. The van der Waals surface area contributed by atoms with Gasteiger partial charge in [0.1, 0.15) is 5.82 Å². The highest BCUT2D eigenvalue weighted by Crippen LogP contribution is 2.35. The maximum atomic E-state index is 12.5. The largest absolute Gasteiger partial charge is 0.398 e. The van der Waals surface area contributed by atoms with Crippen LogP contribution in [0.15, 0.2) is 42.6 Å². The van der Waals surface area contributed by atoms with Gasteiger partial charge < -0.3 is 16.0 Å². The lowest BCUT2D eigenvalue weighted by Gasteiger charge is -2.22. The van der Waals surface area contributed by atoms with E-state index in [-0.39, 0.29) is 11.9 Å². The van der Waals surface area contributed by atoms with E-state index in [9.17, 15) is 4.79 Å². The summed E-state index contributed by atoms with van der Waals surface area (Å²) in [4.78, 5) is 18.7.